The van der Waals surface area contributed by atoms with Crippen molar-refractivity contribution in [2.75, 3.05) is 13.6 Å². The number of unbranched alkanes of at least 4 members (excludes halogenated alkanes) is 1. The van der Waals surface area contributed by atoms with Gasteiger partial charge >= 0.3 is 0 Å². The molecule has 0 bridgehead atoms. The number of nitrogens with one attached hydrogen (secondary N) is 1. The third-order valence-corrected chi connectivity index (χ3v) is 6.73. The molecule has 1 N–H and O–H groups in total. The zero-order valence-corrected chi connectivity index (χ0v) is 13.5. The number of thiophene rings is 1. The topological polar surface area (TPSA) is 49.4 Å². The van der Waals surface area contributed by atoms with Crippen LogP contribution in [0.2, 0.25) is 0 Å². The van der Waals surface area contributed by atoms with E-state index in [4.69, 9.17) is 0 Å². The molecule has 1 aromatic heterocycles. The van der Waals surface area contributed by atoms with Crippen LogP contribution in [0.3, 0.4) is 0 Å². The van der Waals surface area contributed by atoms with Gasteiger partial charge in [0, 0.05) is 31.1 Å². The molecule has 0 atom stereocenters. The standard InChI is InChI=1S/C14H22N2O2S2/c1-3-4-5-10-16(2)20(17,18)14-9-8-13(19-14)11-15-12-6-7-12/h3,8-9,12,15H,1,4-7,10-11H2,2H3. The van der Waals surface area contributed by atoms with Crippen molar-refractivity contribution in [3.05, 3.63) is 29.7 Å². The Morgan fingerprint density at radius 1 is 1.50 bits per heavy atom. The SMILES string of the molecule is C=CCCCN(C)S(=O)(=O)c1ccc(CNC2CC2)s1. The highest BCUT2D eigenvalue weighted by atomic mass is 32.2. The Morgan fingerprint density at radius 3 is 2.90 bits per heavy atom. The highest BCUT2D eigenvalue weighted by Crippen LogP contribution is 2.26. The van der Waals surface area contributed by atoms with Crippen LogP contribution in [-0.4, -0.2) is 32.4 Å². The number of hydrogen-bond acceptors (Lipinski definition) is 4. The van der Waals surface area contributed by atoms with Crippen LogP contribution >= 0.6 is 11.3 Å². The highest BCUT2D eigenvalue weighted by molar-refractivity contribution is 7.91. The second kappa shape index (κ2) is 6.85. The Kier molecular flexibility index (Phi) is 5.37. The maximum absolute atomic E-state index is 12.4. The van der Waals surface area contributed by atoms with Crippen LogP contribution in [0.5, 0.6) is 0 Å². The summed E-state index contributed by atoms with van der Waals surface area (Å²) in [5, 5.41) is 3.40. The first-order valence-corrected chi connectivity index (χ1v) is 9.19. The monoisotopic (exact) mass is 314 g/mol. The first-order valence-electron chi connectivity index (χ1n) is 6.93. The van der Waals surface area contributed by atoms with E-state index in [1.165, 1.54) is 28.5 Å². The van der Waals surface area contributed by atoms with Gasteiger partial charge in [0.05, 0.1) is 0 Å². The van der Waals surface area contributed by atoms with Crippen molar-refractivity contribution < 1.29 is 8.42 Å². The summed E-state index contributed by atoms with van der Waals surface area (Å²) in [6, 6.07) is 4.26. The molecule has 112 valence electrons. The molecule has 0 aromatic carbocycles. The van der Waals surface area contributed by atoms with E-state index < -0.39 is 10.0 Å². The minimum atomic E-state index is -3.33. The molecule has 0 spiro atoms. The molecule has 1 saturated carbocycles. The molecule has 0 saturated heterocycles. The number of rotatable bonds is 9. The first kappa shape index (κ1) is 15.7. The van der Waals surface area contributed by atoms with Gasteiger partial charge in [0.25, 0.3) is 10.0 Å². The first-order chi connectivity index (χ1) is 9.54. The summed E-state index contributed by atoms with van der Waals surface area (Å²) in [5.41, 5.74) is 0. The van der Waals surface area contributed by atoms with Crippen LogP contribution in [0.1, 0.15) is 30.6 Å². The summed E-state index contributed by atoms with van der Waals surface area (Å²) in [6.07, 6.45) is 5.93. The average molecular weight is 314 g/mol. The summed E-state index contributed by atoms with van der Waals surface area (Å²) in [4.78, 5) is 1.08. The van der Waals surface area contributed by atoms with E-state index in [0.717, 1.165) is 24.3 Å². The van der Waals surface area contributed by atoms with Crippen LogP contribution in [0.25, 0.3) is 0 Å². The molecule has 20 heavy (non-hydrogen) atoms. The molecule has 1 aromatic rings. The third kappa shape index (κ3) is 4.15. The van der Waals surface area contributed by atoms with E-state index in [-0.39, 0.29) is 0 Å². The van der Waals surface area contributed by atoms with Gasteiger partial charge in [-0.25, -0.2) is 12.7 Å². The summed E-state index contributed by atoms with van der Waals surface area (Å²) < 4.78 is 26.6. The van der Waals surface area contributed by atoms with Crippen LogP contribution in [0.15, 0.2) is 29.0 Å². The number of nitrogens with zero attached hydrogens (tertiary/aromatic N) is 1. The van der Waals surface area contributed by atoms with Crippen LogP contribution in [0.4, 0.5) is 0 Å². The fraction of sp³-hybridized carbons (Fsp3) is 0.571. The third-order valence-electron chi connectivity index (χ3n) is 3.33. The normalized spacial score (nSPS) is 15.7. The maximum atomic E-state index is 12.4. The lowest BCUT2D eigenvalue weighted by Gasteiger charge is -2.15. The average Bonchev–Trinajstić information content (AvgIpc) is 3.12. The van der Waals surface area contributed by atoms with Crippen LogP contribution in [0, 0.1) is 0 Å². The molecule has 0 aliphatic heterocycles. The van der Waals surface area contributed by atoms with Crippen molar-refractivity contribution in [3.8, 4) is 0 Å². The fourth-order valence-corrected chi connectivity index (χ4v) is 4.58. The summed E-state index contributed by atoms with van der Waals surface area (Å²) in [5.74, 6) is 0. The molecule has 0 radical (unpaired) electrons. The molecule has 2 rings (SSSR count). The molecular formula is C14H22N2O2S2. The van der Waals surface area contributed by atoms with Crippen molar-refractivity contribution in [1.29, 1.82) is 0 Å². The van der Waals surface area contributed by atoms with E-state index in [1.54, 1.807) is 13.1 Å². The Morgan fingerprint density at radius 2 is 2.25 bits per heavy atom. The summed E-state index contributed by atoms with van der Waals surface area (Å²) in [6.45, 7) is 4.95. The quantitative estimate of drug-likeness (QED) is 0.563. The lowest BCUT2D eigenvalue weighted by Crippen LogP contribution is -2.27. The van der Waals surface area contributed by atoms with Gasteiger partial charge in [-0.05, 0) is 37.8 Å². The summed E-state index contributed by atoms with van der Waals surface area (Å²) >= 11 is 1.36. The second-order valence-electron chi connectivity index (χ2n) is 5.13. The minimum Gasteiger partial charge on any atom is -0.309 e. The number of hydrogen-bond donors (Lipinski definition) is 1. The molecule has 4 nitrogen and oxygen atoms in total. The molecule has 1 aliphatic carbocycles. The lowest BCUT2D eigenvalue weighted by molar-refractivity contribution is 0.464. The predicted octanol–water partition coefficient (Wildman–Crippen LogP) is 2.59. The van der Waals surface area contributed by atoms with Crippen LogP contribution < -0.4 is 5.32 Å². The van der Waals surface area contributed by atoms with E-state index in [9.17, 15) is 8.42 Å². The minimum absolute atomic E-state index is 0.436. The highest BCUT2D eigenvalue weighted by Gasteiger charge is 2.23. The van der Waals surface area contributed by atoms with Gasteiger partial charge in [0.1, 0.15) is 4.21 Å². The Bertz CT molecular complexity index is 547. The predicted molar refractivity (Wildman–Crippen MR) is 83.4 cm³/mol. The van der Waals surface area contributed by atoms with Crippen LogP contribution in [-0.2, 0) is 16.6 Å². The van der Waals surface area contributed by atoms with Gasteiger partial charge in [0.2, 0.25) is 0 Å². The molecule has 1 fully saturated rings. The van der Waals surface area contributed by atoms with E-state index in [0.29, 0.717) is 16.8 Å². The molecule has 1 aliphatic rings. The Labute approximate surface area is 125 Å². The largest absolute Gasteiger partial charge is 0.309 e. The molecule has 0 unspecified atom stereocenters. The van der Waals surface area contributed by atoms with E-state index in [1.807, 2.05) is 12.1 Å². The fourth-order valence-electron chi connectivity index (χ4n) is 1.86. The number of allylic oxidation sites excluding steroid dienone is 1. The smallest absolute Gasteiger partial charge is 0.252 e. The molecular weight excluding hydrogens is 292 g/mol. The molecule has 1 heterocycles. The lowest BCUT2D eigenvalue weighted by atomic mass is 10.3. The zero-order valence-electron chi connectivity index (χ0n) is 11.8. The van der Waals surface area contributed by atoms with Crippen molar-refractivity contribution in [3.63, 3.8) is 0 Å². The van der Waals surface area contributed by atoms with Crippen molar-refractivity contribution >= 4 is 21.4 Å². The van der Waals surface area contributed by atoms with Crippen molar-refractivity contribution in [2.45, 2.75) is 42.5 Å². The second-order valence-corrected chi connectivity index (χ2v) is 8.57. The van der Waals surface area contributed by atoms with Gasteiger partial charge in [-0.15, -0.1) is 17.9 Å². The van der Waals surface area contributed by atoms with Gasteiger partial charge < -0.3 is 5.32 Å². The van der Waals surface area contributed by atoms with E-state index >= 15 is 0 Å². The van der Waals surface area contributed by atoms with Gasteiger partial charge in [0.15, 0.2) is 0 Å². The van der Waals surface area contributed by atoms with Gasteiger partial charge in [-0.3, -0.25) is 0 Å². The number of sulfonamides is 1. The Balaban J connectivity index is 1.95. The maximum Gasteiger partial charge on any atom is 0.252 e. The van der Waals surface area contributed by atoms with E-state index in [2.05, 4.69) is 11.9 Å². The molecule has 6 heteroatoms. The van der Waals surface area contributed by atoms with Gasteiger partial charge in [-0.2, -0.15) is 0 Å². The van der Waals surface area contributed by atoms with Gasteiger partial charge in [-0.1, -0.05) is 6.08 Å². The van der Waals surface area contributed by atoms with Crippen molar-refractivity contribution in [1.82, 2.24) is 9.62 Å². The Hall–Kier alpha value is -0.690. The summed E-state index contributed by atoms with van der Waals surface area (Å²) in [7, 11) is -1.69. The molecule has 0 amide bonds. The zero-order chi connectivity index (χ0) is 14.6. The van der Waals surface area contributed by atoms with Crippen molar-refractivity contribution in [2.24, 2.45) is 0 Å².